The van der Waals surface area contributed by atoms with Gasteiger partial charge in [0.15, 0.2) is 0 Å². The number of halogens is 2. The molecule has 7 heteroatoms. The number of carboxylic acid groups (broad SMARTS) is 1. The standard InChI is InChI=1S/C23H32F2O5/c24-16-9-7-15(20(25)13-16)8-10-17(26)11-12-19-18(21(27)14-22(19)28)5-3-1-2-4-6-23(29)30/h7-10,13,17-19,21-22,26-28H,1-6,11-12,14H2,(H,29,30)/b10-8+/t17?,18-,19-,21+,22-/m1/s1. The highest BCUT2D eigenvalue weighted by molar-refractivity contribution is 5.66. The molecule has 0 spiro atoms. The Hall–Kier alpha value is -1.83. The Labute approximate surface area is 176 Å². The van der Waals surface area contributed by atoms with Gasteiger partial charge in [0.25, 0.3) is 0 Å². The van der Waals surface area contributed by atoms with Gasteiger partial charge in [-0.2, -0.15) is 0 Å². The van der Waals surface area contributed by atoms with E-state index < -0.39 is 35.9 Å². The van der Waals surface area contributed by atoms with E-state index in [1.165, 1.54) is 18.2 Å². The van der Waals surface area contributed by atoms with E-state index in [-0.39, 0.29) is 23.8 Å². The number of carbonyl (C=O) groups is 1. The summed E-state index contributed by atoms with van der Waals surface area (Å²) in [6, 6.07) is 3.24. The van der Waals surface area contributed by atoms with Crippen LogP contribution in [-0.4, -0.2) is 44.7 Å². The number of aliphatic hydroxyl groups is 3. The van der Waals surface area contributed by atoms with Crippen LogP contribution in [0.4, 0.5) is 8.78 Å². The summed E-state index contributed by atoms with van der Waals surface area (Å²) in [6.07, 6.45) is 6.16. The molecule has 0 amide bonds. The lowest BCUT2D eigenvalue weighted by Crippen LogP contribution is -2.23. The van der Waals surface area contributed by atoms with Crippen LogP contribution < -0.4 is 0 Å². The first-order valence-electron chi connectivity index (χ1n) is 10.7. The lowest BCUT2D eigenvalue weighted by atomic mass is 9.85. The molecule has 30 heavy (non-hydrogen) atoms. The number of aliphatic carboxylic acids is 1. The molecule has 1 saturated carbocycles. The Morgan fingerprint density at radius 1 is 1.07 bits per heavy atom. The summed E-state index contributed by atoms with van der Waals surface area (Å²) >= 11 is 0. The van der Waals surface area contributed by atoms with Gasteiger partial charge in [0.05, 0.1) is 18.3 Å². The van der Waals surface area contributed by atoms with Crippen molar-refractivity contribution in [2.75, 3.05) is 0 Å². The van der Waals surface area contributed by atoms with Crippen LogP contribution >= 0.6 is 0 Å². The maximum absolute atomic E-state index is 13.7. The third-order valence-electron chi connectivity index (χ3n) is 5.96. The van der Waals surface area contributed by atoms with Crippen molar-refractivity contribution in [3.63, 3.8) is 0 Å². The number of carboxylic acids is 1. The number of benzene rings is 1. The first kappa shape index (κ1) is 24.4. The van der Waals surface area contributed by atoms with Crippen LogP contribution in [0.15, 0.2) is 24.3 Å². The second-order valence-electron chi connectivity index (χ2n) is 8.21. The highest BCUT2D eigenvalue weighted by atomic mass is 19.1. The molecule has 1 unspecified atom stereocenters. The smallest absolute Gasteiger partial charge is 0.303 e. The summed E-state index contributed by atoms with van der Waals surface area (Å²) in [5.74, 6) is -2.32. The molecule has 2 rings (SSSR count). The molecular formula is C23H32F2O5. The number of hydrogen-bond acceptors (Lipinski definition) is 4. The van der Waals surface area contributed by atoms with Gasteiger partial charge in [0.1, 0.15) is 11.6 Å². The number of rotatable bonds is 12. The van der Waals surface area contributed by atoms with Gasteiger partial charge in [-0.1, -0.05) is 31.4 Å². The molecule has 168 valence electrons. The van der Waals surface area contributed by atoms with Crippen LogP contribution in [0.25, 0.3) is 6.08 Å². The third-order valence-corrected chi connectivity index (χ3v) is 5.96. The highest BCUT2D eigenvalue weighted by Gasteiger charge is 2.40. The molecule has 0 saturated heterocycles. The molecule has 1 fully saturated rings. The largest absolute Gasteiger partial charge is 0.481 e. The molecule has 4 N–H and O–H groups in total. The molecule has 1 aliphatic carbocycles. The molecule has 1 aromatic carbocycles. The molecule has 5 atom stereocenters. The van der Waals surface area contributed by atoms with Crippen molar-refractivity contribution in [2.45, 2.75) is 76.1 Å². The van der Waals surface area contributed by atoms with Gasteiger partial charge < -0.3 is 20.4 Å². The summed E-state index contributed by atoms with van der Waals surface area (Å²) in [5.41, 5.74) is 0.188. The van der Waals surface area contributed by atoms with Crippen molar-refractivity contribution >= 4 is 12.0 Å². The molecule has 0 aromatic heterocycles. The average molecular weight is 427 g/mol. The van der Waals surface area contributed by atoms with Gasteiger partial charge in [0, 0.05) is 18.1 Å². The Kier molecular flexibility index (Phi) is 9.88. The van der Waals surface area contributed by atoms with Crippen LogP contribution in [0.3, 0.4) is 0 Å². The Morgan fingerprint density at radius 2 is 1.73 bits per heavy atom. The van der Waals surface area contributed by atoms with Gasteiger partial charge in [-0.3, -0.25) is 4.79 Å². The third kappa shape index (κ3) is 7.78. The quantitative estimate of drug-likeness (QED) is 0.380. The van der Waals surface area contributed by atoms with Crippen molar-refractivity contribution in [1.29, 1.82) is 0 Å². The lowest BCUT2D eigenvalue weighted by molar-refractivity contribution is -0.137. The summed E-state index contributed by atoms with van der Waals surface area (Å²) in [7, 11) is 0. The van der Waals surface area contributed by atoms with E-state index in [0.717, 1.165) is 37.8 Å². The minimum Gasteiger partial charge on any atom is -0.481 e. The Balaban J connectivity index is 1.79. The SMILES string of the molecule is O=C(O)CCCCCC[C@@H]1[C@@H](CCC(O)/C=C/c2ccc(F)cc2F)[C@H](O)C[C@@H]1O. The fourth-order valence-electron chi connectivity index (χ4n) is 4.30. The predicted octanol–water partition coefficient (Wildman–Crippen LogP) is 3.90. The molecule has 1 aliphatic rings. The van der Waals surface area contributed by atoms with Crippen molar-refractivity contribution in [3.05, 3.63) is 41.5 Å². The van der Waals surface area contributed by atoms with Gasteiger partial charge in [-0.25, -0.2) is 8.78 Å². The van der Waals surface area contributed by atoms with E-state index in [1.807, 2.05) is 0 Å². The van der Waals surface area contributed by atoms with E-state index >= 15 is 0 Å². The van der Waals surface area contributed by atoms with Gasteiger partial charge >= 0.3 is 5.97 Å². The van der Waals surface area contributed by atoms with E-state index in [2.05, 4.69) is 0 Å². The molecule has 5 nitrogen and oxygen atoms in total. The van der Waals surface area contributed by atoms with E-state index in [1.54, 1.807) is 0 Å². The van der Waals surface area contributed by atoms with Gasteiger partial charge in [0.2, 0.25) is 0 Å². The molecule has 0 aliphatic heterocycles. The first-order chi connectivity index (χ1) is 14.3. The monoisotopic (exact) mass is 426 g/mol. The Morgan fingerprint density at radius 3 is 2.40 bits per heavy atom. The summed E-state index contributed by atoms with van der Waals surface area (Å²) in [6.45, 7) is 0. The van der Waals surface area contributed by atoms with Crippen molar-refractivity contribution in [1.82, 2.24) is 0 Å². The van der Waals surface area contributed by atoms with E-state index in [4.69, 9.17) is 5.11 Å². The fourth-order valence-corrected chi connectivity index (χ4v) is 4.30. The van der Waals surface area contributed by atoms with Crippen molar-refractivity contribution < 1.29 is 34.0 Å². The van der Waals surface area contributed by atoms with Crippen LogP contribution in [0.2, 0.25) is 0 Å². The van der Waals surface area contributed by atoms with Crippen LogP contribution in [0.5, 0.6) is 0 Å². The van der Waals surface area contributed by atoms with Crippen molar-refractivity contribution in [2.24, 2.45) is 11.8 Å². The van der Waals surface area contributed by atoms with Crippen LogP contribution in [-0.2, 0) is 4.79 Å². The zero-order chi connectivity index (χ0) is 22.1. The topological polar surface area (TPSA) is 98.0 Å². The lowest BCUT2D eigenvalue weighted by Gasteiger charge is -2.24. The summed E-state index contributed by atoms with van der Waals surface area (Å²) in [5, 5.41) is 39.4. The summed E-state index contributed by atoms with van der Waals surface area (Å²) in [4.78, 5) is 10.5. The minimum atomic E-state index is -0.837. The maximum atomic E-state index is 13.7. The van der Waals surface area contributed by atoms with Crippen LogP contribution in [0, 0.1) is 23.5 Å². The molecule has 1 aromatic rings. The zero-order valence-corrected chi connectivity index (χ0v) is 17.1. The minimum absolute atomic E-state index is 0.0507. The number of aliphatic hydroxyl groups excluding tert-OH is 3. The zero-order valence-electron chi connectivity index (χ0n) is 17.1. The van der Waals surface area contributed by atoms with Crippen LogP contribution in [0.1, 0.15) is 63.4 Å². The van der Waals surface area contributed by atoms with Crippen molar-refractivity contribution in [3.8, 4) is 0 Å². The fraction of sp³-hybridized carbons (Fsp3) is 0.609. The molecule has 0 bridgehead atoms. The predicted molar refractivity (Wildman–Crippen MR) is 110 cm³/mol. The van der Waals surface area contributed by atoms with E-state index in [0.29, 0.717) is 25.7 Å². The normalized spacial score (nSPS) is 25.1. The Bertz CT molecular complexity index is 709. The molecule has 0 heterocycles. The summed E-state index contributed by atoms with van der Waals surface area (Å²) < 4.78 is 26.6. The van der Waals surface area contributed by atoms with Gasteiger partial charge in [-0.05, 0) is 56.1 Å². The first-order valence-corrected chi connectivity index (χ1v) is 10.7. The number of unbranched alkanes of at least 4 members (excludes halogenated alkanes) is 3. The second-order valence-corrected chi connectivity index (χ2v) is 8.21. The highest BCUT2D eigenvalue weighted by Crippen LogP contribution is 2.39. The number of hydrogen-bond donors (Lipinski definition) is 4. The molecular weight excluding hydrogens is 394 g/mol. The second kappa shape index (κ2) is 12.1. The van der Waals surface area contributed by atoms with Gasteiger partial charge in [-0.15, -0.1) is 0 Å². The average Bonchev–Trinajstić information content (AvgIpc) is 2.94. The maximum Gasteiger partial charge on any atom is 0.303 e. The van der Waals surface area contributed by atoms with E-state index in [9.17, 15) is 28.9 Å². The molecule has 0 radical (unpaired) electrons.